The third-order valence-corrected chi connectivity index (χ3v) is 2.80. The summed E-state index contributed by atoms with van der Waals surface area (Å²) in [5.41, 5.74) is 0.510. The highest BCUT2D eigenvalue weighted by atomic mass is 32.1. The van der Waals surface area contributed by atoms with E-state index in [9.17, 15) is 4.79 Å². The van der Waals surface area contributed by atoms with Crippen LogP contribution in [0.25, 0.3) is 0 Å². The van der Waals surface area contributed by atoms with Gasteiger partial charge in [0, 0.05) is 0 Å². The minimum Gasteiger partial charge on any atom is -0.462 e. The number of esters is 1. The van der Waals surface area contributed by atoms with Crippen molar-refractivity contribution < 1.29 is 19.0 Å². The predicted molar refractivity (Wildman–Crippen MR) is 54.3 cm³/mol. The molecule has 4 nitrogen and oxygen atoms in total. The lowest BCUT2D eigenvalue weighted by molar-refractivity contribution is -0.0227. The molecule has 1 aliphatic heterocycles. The molecule has 0 aromatic carbocycles. The SMILES string of the molecule is CCOC(=O)c1ccsc1C1OC=CO1. The Morgan fingerprint density at radius 1 is 1.53 bits per heavy atom. The summed E-state index contributed by atoms with van der Waals surface area (Å²) in [5.74, 6) is -0.340. The molecule has 2 heterocycles. The van der Waals surface area contributed by atoms with Gasteiger partial charge < -0.3 is 14.2 Å². The Hall–Kier alpha value is -1.49. The number of hydrogen-bond donors (Lipinski definition) is 0. The van der Waals surface area contributed by atoms with Gasteiger partial charge in [-0.25, -0.2) is 4.79 Å². The van der Waals surface area contributed by atoms with E-state index in [4.69, 9.17) is 14.2 Å². The van der Waals surface area contributed by atoms with Crippen LogP contribution in [-0.2, 0) is 14.2 Å². The van der Waals surface area contributed by atoms with Crippen molar-refractivity contribution >= 4 is 17.3 Å². The molecule has 80 valence electrons. The fourth-order valence-electron chi connectivity index (χ4n) is 1.24. The first-order valence-corrected chi connectivity index (χ1v) is 5.41. The average Bonchev–Trinajstić information content (AvgIpc) is 2.88. The highest BCUT2D eigenvalue weighted by Gasteiger charge is 2.24. The first kappa shape index (κ1) is 10.0. The van der Waals surface area contributed by atoms with Crippen molar-refractivity contribution in [3.8, 4) is 0 Å². The molecule has 5 heteroatoms. The summed E-state index contributed by atoms with van der Waals surface area (Å²) >= 11 is 1.41. The Balaban J connectivity index is 2.17. The van der Waals surface area contributed by atoms with E-state index in [-0.39, 0.29) is 5.97 Å². The van der Waals surface area contributed by atoms with Gasteiger partial charge in [0.1, 0.15) is 12.5 Å². The molecule has 0 N–H and O–H groups in total. The molecule has 1 aromatic heterocycles. The third kappa shape index (κ3) is 1.97. The van der Waals surface area contributed by atoms with Gasteiger partial charge in [-0.3, -0.25) is 0 Å². The minimum absolute atomic E-state index is 0.340. The highest BCUT2D eigenvalue weighted by molar-refractivity contribution is 7.10. The van der Waals surface area contributed by atoms with Crippen LogP contribution in [-0.4, -0.2) is 12.6 Å². The van der Waals surface area contributed by atoms with Gasteiger partial charge in [-0.15, -0.1) is 11.3 Å². The molecule has 0 atom stereocenters. The molecule has 0 saturated carbocycles. The van der Waals surface area contributed by atoms with E-state index >= 15 is 0 Å². The smallest absolute Gasteiger partial charge is 0.339 e. The van der Waals surface area contributed by atoms with E-state index in [1.165, 1.54) is 23.9 Å². The molecule has 0 unspecified atom stereocenters. The molecular formula is C10H10O4S. The Bertz CT molecular complexity index is 375. The van der Waals surface area contributed by atoms with Crippen LogP contribution in [0.1, 0.15) is 28.4 Å². The summed E-state index contributed by atoms with van der Waals surface area (Å²) < 4.78 is 15.3. The standard InChI is InChI=1S/C10H10O4S/c1-2-12-9(11)7-3-6-15-8(7)10-13-4-5-14-10/h3-6,10H,2H2,1H3. The topological polar surface area (TPSA) is 44.8 Å². The van der Waals surface area contributed by atoms with Crippen LogP contribution >= 0.6 is 11.3 Å². The summed E-state index contributed by atoms with van der Waals surface area (Å²) in [6.45, 7) is 2.13. The maximum Gasteiger partial charge on any atom is 0.339 e. The van der Waals surface area contributed by atoms with E-state index in [2.05, 4.69) is 0 Å². The van der Waals surface area contributed by atoms with E-state index in [0.29, 0.717) is 12.2 Å². The van der Waals surface area contributed by atoms with Gasteiger partial charge in [0.15, 0.2) is 0 Å². The van der Waals surface area contributed by atoms with Crippen LogP contribution in [0.5, 0.6) is 0 Å². The van der Waals surface area contributed by atoms with Crippen molar-refractivity contribution in [1.29, 1.82) is 0 Å². The van der Waals surface area contributed by atoms with Gasteiger partial charge in [-0.1, -0.05) is 0 Å². The van der Waals surface area contributed by atoms with Crippen molar-refractivity contribution in [2.24, 2.45) is 0 Å². The summed E-state index contributed by atoms with van der Waals surface area (Å²) in [4.78, 5) is 12.3. The molecule has 0 spiro atoms. The van der Waals surface area contributed by atoms with Crippen LogP contribution in [0.15, 0.2) is 24.0 Å². The van der Waals surface area contributed by atoms with Crippen LogP contribution in [0.2, 0.25) is 0 Å². The number of carbonyl (C=O) groups excluding carboxylic acids is 1. The zero-order valence-corrected chi connectivity index (χ0v) is 8.95. The molecule has 0 amide bonds. The summed E-state index contributed by atoms with van der Waals surface area (Å²) in [7, 11) is 0. The average molecular weight is 226 g/mol. The van der Waals surface area contributed by atoms with Crippen molar-refractivity contribution in [3.63, 3.8) is 0 Å². The van der Waals surface area contributed by atoms with E-state index in [0.717, 1.165) is 4.88 Å². The number of thiophene rings is 1. The largest absolute Gasteiger partial charge is 0.462 e. The Morgan fingerprint density at radius 2 is 2.27 bits per heavy atom. The van der Waals surface area contributed by atoms with Crippen molar-refractivity contribution in [1.82, 2.24) is 0 Å². The van der Waals surface area contributed by atoms with Gasteiger partial charge in [0.2, 0.25) is 0 Å². The van der Waals surface area contributed by atoms with Crippen molar-refractivity contribution in [2.45, 2.75) is 13.2 Å². The first-order valence-electron chi connectivity index (χ1n) is 4.53. The first-order chi connectivity index (χ1) is 7.33. The quantitative estimate of drug-likeness (QED) is 0.742. The van der Waals surface area contributed by atoms with Gasteiger partial charge in [0.05, 0.1) is 17.0 Å². The highest BCUT2D eigenvalue weighted by Crippen LogP contribution is 2.31. The molecule has 1 aromatic rings. The second-order valence-corrected chi connectivity index (χ2v) is 3.74. The second kappa shape index (κ2) is 4.35. The van der Waals surface area contributed by atoms with Gasteiger partial charge in [0.25, 0.3) is 6.29 Å². The Labute approximate surface area is 91.1 Å². The van der Waals surface area contributed by atoms with E-state index in [1.807, 2.05) is 5.38 Å². The molecule has 0 radical (unpaired) electrons. The fourth-order valence-corrected chi connectivity index (χ4v) is 2.09. The third-order valence-electron chi connectivity index (χ3n) is 1.86. The molecule has 15 heavy (non-hydrogen) atoms. The van der Waals surface area contributed by atoms with Crippen LogP contribution < -0.4 is 0 Å². The number of carbonyl (C=O) groups is 1. The van der Waals surface area contributed by atoms with Gasteiger partial charge >= 0.3 is 5.97 Å². The second-order valence-electron chi connectivity index (χ2n) is 2.80. The van der Waals surface area contributed by atoms with Gasteiger partial charge in [-0.05, 0) is 18.4 Å². The maximum atomic E-state index is 11.5. The van der Waals surface area contributed by atoms with Crippen molar-refractivity contribution in [2.75, 3.05) is 6.61 Å². The van der Waals surface area contributed by atoms with Crippen LogP contribution in [0.4, 0.5) is 0 Å². The lowest BCUT2D eigenvalue weighted by atomic mass is 10.2. The summed E-state index contributed by atoms with van der Waals surface area (Å²) in [5, 5.41) is 1.81. The zero-order chi connectivity index (χ0) is 10.7. The van der Waals surface area contributed by atoms with E-state index < -0.39 is 6.29 Å². The lowest BCUT2D eigenvalue weighted by Gasteiger charge is -2.09. The summed E-state index contributed by atoms with van der Waals surface area (Å²) in [6, 6.07) is 1.71. The summed E-state index contributed by atoms with van der Waals surface area (Å²) in [6.07, 6.45) is 2.41. The lowest BCUT2D eigenvalue weighted by Crippen LogP contribution is -2.08. The number of ether oxygens (including phenoxy) is 3. The fraction of sp³-hybridized carbons (Fsp3) is 0.300. The minimum atomic E-state index is -0.510. The number of rotatable bonds is 3. The Morgan fingerprint density at radius 3 is 2.93 bits per heavy atom. The predicted octanol–water partition coefficient (Wildman–Crippen LogP) is 2.44. The Kier molecular flexibility index (Phi) is 2.91. The zero-order valence-electron chi connectivity index (χ0n) is 8.14. The monoisotopic (exact) mass is 226 g/mol. The molecule has 0 saturated heterocycles. The molecule has 0 fully saturated rings. The molecule has 2 rings (SSSR count). The normalized spacial score (nSPS) is 14.7. The van der Waals surface area contributed by atoms with Crippen LogP contribution in [0, 0.1) is 0 Å². The molecule has 0 bridgehead atoms. The molecule has 1 aliphatic rings. The van der Waals surface area contributed by atoms with Gasteiger partial charge in [-0.2, -0.15) is 0 Å². The van der Waals surface area contributed by atoms with Crippen LogP contribution in [0.3, 0.4) is 0 Å². The van der Waals surface area contributed by atoms with E-state index in [1.54, 1.807) is 13.0 Å². The molecular weight excluding hydrogens is 216 g/mol. The van der Waals surface area contributed by atoms with Crippen molar-refractivity contribution in [3.05, 3.63) is 34.4 Å². The molecule has 0 aliphatic carbocycles. The maximum absolute atomic E-state index is 11.5. The number of hydrogen-bond acceptors (Lipinski definition) is 5.